The van der Waals surface area contributed by atoms with Crippen molar-refractivity contribution in [3.05, 3.63) is 35.5 Å². The van der Waals surface area contributed by atoms with E-state index in [0.29, 0.717) is 42.1 Å². The summed E-state index contributed by atoms with van der Waals surface area (Å²) < 4.78 is 18.4. The van der Waals surface area contributed by atoms with Crippen LogP contribution in [0.4, 0.5) is 4.39 Å². The summed E-state index contributed by atoms with van der Waals surface area (Å²) in [7, 11) is 0. The lowest BCUT2D eigenvalue weighted by atomic mass is 10.1. The summed E-state index contributed by atoms with van der Waals surface area (Å²) in [6.07, 6.45) is 1.70. The standard InChI is InChI=1S/C13H12FN3O/c1-9-5-6-10(8-11(9)14)13-16-12(18-17-13)4-2-3-7-15/h5-6,8H,2-4H2,1H3. The van der Waals surface area contributed by atoms with E-state index in [4.69, 9.17) is 9.78 Å². The topological polar surface area (TPSA) is 62.7 Å². The van der Waals surface area contributed by atoms with E-state index in [1.165, 1.54) is 6.07 Å². The Kier molecular flexibility index (Phi) is 3.68. The third-order valence-electron chi connectivity index (χ3n) is 2.58. The smallest absolute Gasteiger partial charge is 0.226 e. The monoisotopic (exact) mass is 245 g/mol. The summed E-state index contributed by atoms with van der Waals surface area (Å²) in [6, 6.07) is 6.87. The van der Waals surface area contributed by atoms with Gasteiger partial charge < -0.3 is 4.52 Å². The van der Waals surface area contributed by atoms with Crippen molar-refractivity contribution in [2.45, 2.75) is 26.2 Å². The van der Waals surface area contributed by atoms with Crippen molar-refractivity contribution in [3.63, 3.8) is 0 Å². The Hall–Kier alpha value is -2.22. The molecule has 0 fully saturated rings. The molecular formula is C13H12FN3O. The lowest BCUT2D eigenvalue weighted by molar-refractivity contribution is 0.376. The molecule has 0 unspecified atom stereocenters. The van der Waals surface area contributed by atoms with Gasteiger partial charge in [0.15, 0.2) is 0 Å². The normalized spacial score (nSPS) is 10.3. The van der Waals surface area contributed by atoms with Gasteiger partial charge in [0, 0.05) is 18.4 Å². The van der Waals surface area contributed by atoms with Gasteiger partial charge in [0.2, 0.25) is 11.7 Å². The van der Waals surface area contributed by atoms with Crippen molar-refractivity contribution in [2.75, 3.05) is 0 Å². The average molecular weight is 245 g/mol. The van der Waals surface area contributed by atoms with Gasteiger partial charge in [-0.15, -0.1) is 0 Å². The van der Waals surface area contributed by atoms with E-state index in [9.17, 15) is 4.39 Å². The zero-order valence-corrected chi connectivity index (χ0v) is 9.98. The average Bonchev–Trinajstić information content (AvgIpc) is 2.82. The van der Waals surface area contributed by atoms with E-state index >= 15 is 0 Å². The van der Waals surface area contributed by atoms with Gasteiger partial charge in [-0.25, -0.2) is 4.39 Å². The van der Waals surface area contributed by atoms with Crippen LogP contribution in [0.1, 0.15) is 24.3 Å². The minimum Gasteiger partial charge on any atom is -0.339 e. The van der Waals surface area contributed by atoms with E-state index < -0.39 is 0 Å². The minimum atomic E-state index is -0.289. The van der Waals surface area contributed by atoms with E-state index in [-0.39, 0.29) is 5.82 Å². The Balaban J connectivity index is 2.14. The van der Waals surface area contributed by atoms with Crippen molar-refractivity contribution >= 4 is 0 Å². The van der Waals surface area contributed by atoms with Crippen LogP contribution in [0.25, 0.3) is 11.4 Å². The van der Waals surface area contributed by atoms with Gasteiger partial charge in [0.1, 0.15) is 5.82 Å². The quantitative estimate of drug-likeness (QED) is 0.777. The van der Waals surface area contributed by atoms with Crippen LogP contribution in [0.2, 0.25) is 0 Å². The molecule has 18 heavy (non-hydrogen) atoms. The predicted molar refractivity (Wildman–Crippen MR) is 63.0 cm³/mol. The number of unbranched alkanes of at least 4 members (excludes halogenated alkanes) is 1. The molecule has 2 rings (SSSR count). The van der Waals surface area contributed by atoms with Gasteiger partial charge in [-0.3, -0.25) is 0 Å². The summed E-state index contributed by atoms with van der Waals surface area (Å²) >= 11 is 0. The fraction of sp³-hybridized carbons (Fsp3) is 0.308. The lowest BCUT2D eigenvalue weighted by Gasteiger charge is -1.97. The summed E-state index contributed by atoms with van der Waals surface area (Å²) in [5.74, 6) is 0.561. The molecule has 4 nitrogen and oxygen atoms in total. The third kappa shape index (κ3) is 2.72. The number of nitrogens with zero attached hydrogens (tertiary/aromatic N) is 3. The van der Waals surface area contributed by atoms with Gasteiger partial charge in [-0.1, -0.05) is 17.3 Å². The van der Waals surface area contributed by atoms with Crippen LogP contribution in [-0.2, 0) is 6.42 Å². The van der Waals surface area contributed by atoms with Crippen molar-refractivity contribution in [1.29, 1.82) is 5.26 Å². The highest BCUT2D eigenvalue weighted by molar-refractivity contribution is 5.54. The van der Waals surface area contributed by atoms with Crippen LogP contribution in [0.5, 0.6) is 0 Å². The number of hydrogen-bond donors (Lipinski definition) is 0. The van der Waals surface area contributed by atoms with E-state index in [0.717, 1.165) is 0 Å². The molecule has 0 radical (unpaired) electrons. The molecule has 1 aromatic heterocycles. The van der Waals surface area contributed by atoms with Crippen LogP contribution in [0, 0.1) is 24.1 Å². The minimum absolute atomic E-state index is 0.289. The number of aromatic nitrogens is 2. The first-order valence-electron chi connectivity index (χ1n) is 5.67. The molecule has 2 aromatic rings. The van der Waals surface area contributed by atoms with Crippen molar-refractivity contribution < 1.29 is 8.91 Å². The van der Waals surface area contributed by atoms with Crippen LogP contribution >= 0.6 is 0 Å². The first kappa shape index (κ1) is 12.2. The molecule has 0 aliphatic rings. The van der Waals surface area contributed by atoms with Crippen molar-refractivity contribution in [3.8, 4) is 17.5 Å². The molecular weight excluding hydrogens is 233 g/mol. The molecule has 0 aliphatic heterocycles. The third-order valence-corrected chi connectivity index (χ3v) is 2.58. The highest BCUT2D eigenvalue weighted by Gasteiger charge is 2.09. The zero-order valence-electron chi connectivity index (χ0n) is 9.98. The molecule has 0 spiro atoms. The second-order valence-electron chi connectivity index (χ2n) is 3.99. The van der Waals surface area contributed by atoms with E-state index in [1.54, 1.807) is 19.1 Å². The van der Waals surface area contributed by atoms with Gasteiger partial charge in [0.05, 0.1) is 6.07 Å². The van der Waals surface area contributed by atoms with Crippen LogP contribution in [0.15, 0.2) is 22.7 Å². The molecule has 0 bridgehead atoms. The zero-order chi connectivity index (χ0) is 13.0. The summed E-state index contributed by atoms with van der Waals surface area (Å²) in [4.78, 5) is 4.17. The Morgan fingerprint density at radius 1 is 1.44 bits per heavy atom. The number of halogens is 1. The molecule has 1 heterocycles. The van der Waals surface area contributed by atoms with Gasteiger partial charge in [0.25, 0.3) is 0 Å². The fourth-order valence-electron chi connectivity index (χ4n) is 1.52. The van der Waals surface area contributed by atoms with Crippen LogP contribution in [0.3, 0.4) is 0 Å². The van der Waals surface area contributed by atoms with Gasteiger partial charge in [-0.2, -0.15) is 10.2 Å². The number of rotatable bonds is 4. The number of aryl methyl sites for hydroxylation is 2. The maximum Gasteiger partial charge on any atom is 0.226 e. The molecule has 5 heteroatoms. The second kappa shape index (κ2) is 5.41. The summed E-state index contributed by atoms with van der Waals surface area (Å²) in [6.45, 7) is 1.70. The molecule has 0 saturated heterocycles. The SMILES string of the molecule is Cc1ccc(-c2noc(CCCC#N)n2)cc1F. The molecule has 0 amide bonds. The number of nitriles is 1. The Morgan fingerprint density at radius 2 is 2.28 bits per heavy atom. The summed E-state index contributed by atoms with van der Waals surface area (Å²) in [5, 5.41) is 12.2. The largest absolute Gasteiger partial charge is 0.339 e. The van der Waals surface area contributed by atoms with E-state index in [1.807, 2.05) is 0 Å². The molecule has 0 atom stereocenters. The van der Waals surface area contributed by atoms with Crippen molar-refractivity contribution in [2.24, 2.45) is 0 Å². The van der Waals surface area contributed by atoms with Gasteiger partial charge >= 0.3 is 0 Å². The molecule has 1 aromatic carbocycles. The lowest BCUT2D eigenvalue weighted by Crippen LogP contribution is -1.87. The summed E-state index contributed by atoms with van der Waals surface area (Å²) in [5.41, 5.74) is 1.17. The van der Waals surface area contributed by atoms with Crippen molar-refractivity contribution in [1.82, 2.24) is 10.1 Å². The maximum absolute atomic E-state index is 13.4. The van der Waals surface area contributed by atoms with Crippen LogP contribution < -0.4 is 0 Å². The van der Waals surface area contributed by atoms with Crippen LogP contribution in [-0.4, -0.2) is 10.1 Å². The Labute approximate surface area is 104 Å². The molecule has 0 N–H and O–H groups in total. The first-order valence-corrected chi connectivity index (χ1v) is 5.67. The van der Waals surface area contributed by atoms with Gasteiger partial charge in [-0.05, 0) is 25.0 Å². The highest BCUT2D eigenvalue weighted by atomic mass is 19.1. The highest BCUT2D eigenvalue weighted by Crippen LogP contribution is 2.19. The predicted octanol–water partition coefficient (Wildman–Crippen LogP) is 3.03. The first-order chi connectivity index (χ1) is 8.70. The Bertz CT molecular complexity index is 586. The maximum atomic E-state index is 13.4. The molecule has 0 saturated carbocycles. The van der Waals surface area contributed by atoms with E-state index in [2.05, 4.69) is 16.2 Å². The molecule has 92 valence electrons. The number of hydrogen-bond acceptors (Lipinski definition) is 4. The number of benzene rings is 1. The molecule has 0 aliphatic carbocycles. The Morgan fingerprint density at radius 3 is 3.00 bits per heavy atom. The second-order valence-corrected chi connectivity index (χ2v) is 3.99. The fourth-order valence-corrected chi connectivity index (χ4v) is 1.52.